The summed E-state index contributed by atoms with van der Waals surface area (Å²) in [6, 6.07) is 1.05. The molecule has 2 unspecified atom stereocenters. The highest BCUT2D eigenvalue weighted by Crippen LogP contribution is 2.33. The van der Waals surface area contributed by atoms with Crippen LogP contribution in [0.25, 0.3) is 0 Å². The molecule has 0 spiro atoms. The zero-order valence-corrected chi connectivity index (χ0v) is 13.5. The number of rotatable bonds is 4. The maximum atomic E-state index is 4.83. The Morgan fingerprint density at radius 3 is 2.95 bits per heavy atom. The highest BCUT2D eigenvalue weighted by atomic mass is 32.1. The molecule has 2 rings (SSSR count). The summed E-state index contributed by atoms with van der Waals surface area (Å²) in [7, 11) is 0. The molecule has 0 amide bonds. The highest BCUT2D eigenvalue weighted by molar-refractivity contribution is 7.15. The van der Waals surface area contributed by atoms with Gasteiger partial charge in [0, 0.05) is 23.5 Å². The maximum absolute atomic E-state index is 4.83. The fourth-order valence-electron chi connectivity index (χ4n) is 2.88. The van der Waals surface area contributed by atoms with Gasteiger partial charge in [-0.25, -0.2) is 4.98 Å². The number of thiazole rings is 1. The second-order valence-corrected chi connectivity index (χ2v) is 6.63. The standard InChI is InChI=1S/C15H27N3S/c1-5-16-12(3)14-13(4)17-15(19-14)18-10-8-6-7-9-11(18)2/h11-12,16H,5-10H2,1-4H3. The zero-order valence-electron chi connectivity index (χ0n) is 12.7. The largest absolute Gasteiger partial charge is 0.345 e. The van der Waals surface area contributed by atoms with Gasteiger partial charge in [0.15, 0.2) is 5.13 Å². The Labute approximate surface area is 121 Å². The lowest BCUT2D eigenvalue weighted by Gasteiger charge is -2.26. The SMILES string of the molecule is CCNC(C)c1sc(N2CCCCCC2C)nc1C. The van der Waals surface area contributed by atoms with Crippen LogP contribution in [0, 0.1) is 6.92 Å². The van der Waals surface area contributed by atoms with Crippen molar-refractivity contribution in [2.24, 2.45) is 0 Å². The Bertz CT molecular complexity index is 402. The third-order valence-electron chi connectivity index (χ3n) is 4.02. The number of nitrogens with zero attached hydrogens (tertiary/aromatic N) is 2. The number of aromatic nitrogens is 1. The van der Waals surface area contributed by atoms with Gasteiger partial charge < -0.3 is 10.2 Å². The first kappa shape index (κ1) is 14.8. The summed E-state index contributed by atoms with van der Waals surface area (Å²) in [5.74, 6) is 0. The minimum atomic E-state index is 0.415. The molecule has 0 radical (unpaired) electrons. The minimum absolute atomic E-state index is 0.415. The predicted molar refractivity (Wildman–Crippen MR) is 84.2 cm³/mol. The van der Waals surface area contributed by atoms with E-state index in [-0.39, 0.29) is 0 Å². The first-order valence-corrected chi connectivity index (χ1v) is 8.42. The third-order valence-corrected chi connectivity index (χ3v) is 5.40. The Kier molecular flexibility index (Phi) is 5.22. The van der Waals surface area contributed by atoms with Crippen LogP contribution in [-0.2, 0) is 0 Å². The molecule has 2 heterocycles. The fraction of sp³-hybridized carbons (Fsp3) is 0.800. The van der Waals surface area contributed by atoms with Crippen LogP contribution in [0.5, 0.6) is 0 Å². The van der Waals surface area contributed by atoms with Gasteiger partial charge in [0.25, 0.3) is 0 Å². The molecule has 4 heteroatoms. The molecular formula is C15H27N3S. The van der Waals surface area contributed by atoms with Gasteiger partial charge in [-0.15, -0.1) is 11.3 Å². The molecule has 1 aliphatic rings. The summed E-state index contributed by atoms with van der Waals surface area (Å²) in [6.07, 6.45) is 5.34. The van der Waals surface area contributed by atoms with E-state index < -0.39 is 0 Å². The number of hydrogen-bond acceptors (Lipinski definition) is 4. The van der Waals surface area contributed by atoms with E-state index in [2.05, 4.69) is 37.9 Å². The van der Waals surface area contributed by atoms with Gasteiger partial charge in [-0.1, -0.05) is 19.8 Å². The molecule has 1 aromatic heterocycles. The second kappa shape index (κ2) is 6.71. The molecule has 3 nitrogen and oxygen atoms in total. The lowest BCUT2D eigenvalue weighted by molar-refractivity contribution is 0.603. The maximum Gasteiger partial charge on any atom is 0.186 e. The van der Waals surface area contributed by atoms with Gasteiger partial charge in [0.05, 0.1) is 5.69 Å². The summed E-state index contributed by atoms with van der Waals surface area (Å²) in [6.45, 7) is 11.1. The first-order chi connectivity index (χ1) is 9.13. The lowest BCUT2D eigenvalue weighted by atomic mass is 10.1. The van der Waals surface area contributed by atoms with Crippen molar-refractivity contribution in [3.8, 4) is 0 Å². The summed E-state index contributed by atoms with van der Waals surface area (Å²) in [4.78, 5) is 8.75. The summed E-state index contributed by atoms with van der Waals surface area (Å²) in [5.41, 5.74) is 1.20. The van der Waals surface area contributed by atoms with E-state index in [4.69, 9.17) is 4.98 Å². The van der Waals surface area contributed by atoms with Crippen molar-refractivity contribution < 1.29 is 0 Å². The Hall–Kier alpha value is -0.610. The number of hydrogen-bond donors (Lipinski definition) is 1. The summed E-state index contributed by atoms with van der Waals surface area (Å²) >= 11 is 1.88. The first-order valence-electron chi connectivity index (χ1n) is 7.60. The molecule has 2 atom stereocenters. The average Bonchev–Trinajstić information content (AvgIpc) is 2.62. The number of nitrogens with one attached hydrogen (secondary N) is 1. The van der Waals surface area contributed by atoms with Crippen molar-refractivity contribution in [1.82, 2.24) is 10.3 Å². The number of aryl methyl sites for hydroxylation is 1. The molecule has 1 aliphatic heterocycles. The van der Waals surface area contributed by atoms with Crippen LogP contribution < -0.4 is 10.2 Å². The van der Waals surface area contributed by atoms with Crippen molar-refractivity contribution in [2.75, 3.05) is 18.0 Å². The predicted octanol–water partition coefficient (Wildman–Crippen LogP) is 3.89. The van der Waals surface area contributed by atoms with Crippen LogP contribution in [0.3, 0.4) is 0 Å². The number of anilines is 1. The minimum Gasteiger partial charge on any atom is -0.345 e. The van der Waals surface area contributed by atoms with E-state index in [1.807, 2.05) is 11.3 Å². The average molecular weight is 281 g/mol. The second-order valence-electron chi connectivity index (χ2n) is 5.62. The van der Waals surface area contributed by atoms with Crippen molar-refractivity contribution in [3.05, 3.63) is 10.6 Å². The van der Waals surface area contributed by atoms with E-state index in [0.29, 0.717) is 12.1 Å². The molecule has 1 N–H and O–H groups in total. The summed E-state index contributed by atoms with van der Waals surface area (Å²) in [5, 5.41) is 4.72. The van der Waals surface area contributed by atoms with Gasteiger partial charge in [0.1, 0.15) is 0 Å². The normalized spacial score (nSPS) is 22.3. The third kappa shape index (κ3) is 3.48. The van der Waals surface area contributed by atoms with Crippen LogP contribution in [0.2, 0.25) is 0 Å². The molecule has 19 heavy (non-hydrogen) atoms. The molecule has 0 aliphatic carbocycles. The van der Waals surface area contributed by atoms with E-state index >= 15 is 0 Å². The molecule has 1 fully saturated rings. The molecule has 0 aromatic carbocycles. The lowest BCUT2D eigenvalue weighted by Crippen LogP contribution is -2.32. The van der Waals surface area contributed by atoms with Crippen LogP contribution >= 0.6 is 11.3 Å². The Balaban J connectivity index is 2.18. The van der Waals surface area contributed by atoms with E-state index in [1.165, 1.54) is 47.9 Å². The molecule has 0 bridgehead atoms. The monoisotopic (exact) mass is 281 g/mol. The van der Waals surface area contributed by atoms with Gasteiger partial charge in [0.2, 0.25) is 0 Å². The zero-order chi connectivity index (χ0) is 13.8. The van der Waals surface area contributed by atoms with Crippen molar-refractivity contribution in [1.29, 1.82) is 0 Å². The van der Waals surface area contributed by atoms with Crippen molar-refractivity contribution in [2.45, 2.75) is 65.5 Å². The Morgan fingerprint density at radius 1 is 1.42 bits per heavy atom. The van der Waals surface area contributed by atoms with Crippen LogP contribution in [0.4, 0.5) is 5.13 Å². The van der Waals surface area contributed by atoms with Crippen LogP contribution in [0.15, 0.2) is 0 Å². The van der Waals surface area contributed by atoms with Gasteiger partial charge in [-0.2, -0.15) is 0 Å². The van der Waals surface area contributed by atoms with Crippen molar-refractivity contribution >= 4 is 16.5 Å². The van der Waals surface area contributed by atoms with Crippen molar-refractivity contribution in [3.63, 3.8) is 0 Å². The molecule has 0 saturated carbocycles. The van der Waals surface area contributed by atoms with Gasteiger partial charge in [-0.05, 0) is 40.2 Å². The quantitative estimate of drug-likeness (QED) is 0.907. The van der Waals surface area contributed by atoms with Crippen LogP contribution in [-0.4, -0.2) is 24.1 Å². The molecule has 1 aromatic rings. The smallest absolute Gasteiger partial charge is 0.186 e. The fourth-order valence-corrected chi connectivity index (χ4v) is 4.10. The van der Waals surface area contributed by atoms with E-state index in [1.54, 1.807) is 0 Å². The van der Waals surface area contributed by atoms with E-state index in [9.17, 15) is 0 Å². The summed E-state index contributed by atoms with van der Waals surface area (Å²) < 4.78 is 0. The van der Waals surface area contributed by atoms with Gasteiger partial charge >= 0.3 is 0 Å². The topological polar surface area (TPSA) is 28.2 Å². The Morgan fingerprint density at radius 2 is 2.21 bits per heavy atom. The molecule has 108 valence electrons. The highest BCUT2D eigenvalue weighted by Gasteiger charge is 2.22. The van der Waals surface area contributed by atoms with E-state index in [0.717, 1.165) is 6.54 Å². The molecule has 1 saturated heterocycles. The van der Waals surface area contributed by atoms with Gasteiger partial charge in [-0.3, -0.25) is 0 Å². The molecular weight excluding hydrogens is 254 g/mol. The van der Waals surface area contributed by atoms with Crippen LogP contribution in [0.1, 0.15) is 63.1 Å².